The van der Waals surface area contributed by atoms with Gasteiger partial charge in [-0.15, -0.1) is 0 Å². The number of carbonyl (C=O) groups excluding carboxylic acids is 1. The topological polar surface area (TPSA) is 38.5 Å². The van der Waals surface area contributed by atoms with Crippen LogP contribution in [-0.2, 0) is 11.8 Å². The van der Waals surface area contributed by atoms with Crippen LogP contribution in [0.25, 0.3) is 0 Å². The first-order chi connectivity index (χ1) is 13.6. The first-order valence-corrected chi connectivity index (χ1v) is 10.0. The molecule has 1 aliphatic rings. The number of likely N-dealkylation sites (tertiary alicyclic amines) is 1. The summed E-state index contributed by atoms with van der Waals surface area (Å²) in [6.45, 7) is 3.05. The van der Waals surface area contributed by atoms with E-state index < -0.39 is 0 Å². The largest absolute Gasteiger partial charge is 0.350 e. The van der Waals surface area contributed by atoms with Gasteiger partial charge in [-0.1, -0.05) is 48.0 Å². The van der Waals surface area contributed by atoms with Gasteiger partial charge in [0.25, 0.3) is 5.91 Å². The molecule has 0 bridgehead atoms. The Morgan fingerprint density at radius 2 is 1.82 bits per heavy atom. The van der Waals surface area contributed by atoms with E-state index >= 15 is 0 Å². The van der Waals surface area contributed by atoms with Gasteiger partial charge in [0.15, 0.2) is 6.04 Å². The van der Waals surface area contributed by atoms with Crippen molar-refractivity contribution in [3.05, 3.63) is 89.7 Å². The molecule has 0 saturated carbocycles. The highest BCUT2D eigenvalue weighted by Gasteiger charge is 2.41. The molecular formula is C24H28N3O+. The fourth-order valence-electron chi connectivity index (χ4n) is 4.42. The number of hydrogen-bond acceptors (Lipinski definition) is 1. The minimum absolute atomic E-state index is 0.0613. The number of nitrogens with one attached hydrogen (secondary N) is 2. The summed E-state index contributed by atoms with van der Waals surface area (Å²) in [5.74, 6) is 0.0613. The highest BCUT2D eigenvalue weighted by molar-refractivity contribution is 5.94. The smallest absolute Gasteiger partial charge is 0.287 e. The number of hydrogen-bond donors (Lipinski definition) is 2. The van der Waals surface area contributed by atoms with E-state index in [4.69, 9.17) is 0 Å². The molecule has 4 nitrogen and oxygen atoms in total. The number of quaternary nitrogens is 1. The molecule has 3 atom stereocenters. The van der Waals surface area contributed by atoms with Crippen molar-refractivity contribution in [2.75, 3.05) is 11.9 Å². The van der Waals surface area contributed by atoms with Crippen LogP contribution >= 0.6 is 0 Å². The van der Waals surface area contributed by atoms with Crippen molar-refractivity contribution in [1.82, 2.24) is 4.57 Å². The van der Waals surface area contributed by atoms with Crippen LogP contribution < -0.4 is 10.2 Å². The van der Waals surface area contributed by atoms with E-state index in [0.717, 1.165) is 30.6 Å². The van der Waals surface area contributed by atoms with Crippen LogP contribution in [0.1, 0.15) is 41.7 Å². The number of carbonyl (C=O) groups is 1. The molecule has 0 aliphatic carbocycles. The molecule has 4 heteroatoms. The third-order valence-corrected chi connectivity index (χ3v) is 5.83. The maximum atomic E-state index is 13.4. The summed E-state index contributed by atoms with van der Waals surface area (Å²) in [4.78, 5) is 14.8. The van der Waals surface area contributed by atoms with Gasteiger partial charge in [-0.3, -0.25) is 4.79 Å². The van der Waals surface area contributed by atoms with E-state index in [1.165, 1.54) is 16.2 Å². The van der Waals surface area contributed by atoms with E-state index in [-0.39, 0.29) is 11.9 Å². The Balaban J connectivity index is 1.66. The van der Waals surface area contributed by atoms with Crippen molar-refractivity contribution in [1.29, 1.82) is 0 Å². The Kier molecular flexibility index (Phi) is 5.31. The zero-order valence-corrected chi connectivity index (χ0v) is 16.6. The van der Waals surface area contributed by atoms with Gasteiger partial charge in [0.2, 0.25) is 0 Å². The normalized spacial score (nSPS) is 20.1. The van der Waals surface area contributed by atoms with Crippen LogP contribution in [0.5, 0.6) is 0 Å². The quantitative estimate of drug-likeness (QED) is 0.706. The van der Waals surface area contributed by atoms with Gasteiger partial charge < -0.3 is 14.8 Å². The standard InChI is InChI=1S/C24H27N3O/c1-18-12-14-20(15-13-18)25-24(28)23(19-8-4-3-5-9-19)27-17-7-11-22(27)21-10-6-16-26(21)2/h3-6,8-10,12-16,22-23H,7,11,17H2,1-2H3,(H,25,28)/p+1/t22-,23+/m1/s1. The van der Waals surface area contributed by atoms with Crippen LogP contribution in [0, 0.1) is 6.92 Å². The fourth-order valence-corrected chi connectivity index (χ4v) is 4.42. The number of nitrogens with zero attached hydrogens (tertiary/aromatic N) is 1. The van der Waals surface area contributed by atoms with Gasteiger partial charge in [-0.2, -0.15) is 0 Å². The van der Waals surface area contributed by atoms with Crippen LogP contribution in [-0.4, -0.2) is 17.0 Å². The Labute approximate surface area is 166 Å². The predicted molar refractivity (Wildman–Crippen MR) is 112 cm³/mol. The van der Waals surface area contributed by atoms with Crippen LogP contribution in [0.3, 0.4) is 0 Å². The highest BCUT2D eigenvalue weighted by atomic mass is 16.2. The summed E-state index contributed by atoms with van der Waals surface area (Å²) in [5.41, 5.74) is 4.41. The lowest BCUT2D eigenvalue weighted by atomic mass is 10.0. The molecule has 1 aliphatic heterocycles. The molecule has 1 saturated heterocycles. The SMILES string of the molecule is Cc1ccc(NC(=O)[C@H](c2ccccc2)[NH+]2CCC[C@@H]2c2cccn2C)cc1. The maximum absolute atomic E-state index is 13.4. The minimum atomic E-state index is -0.232. The second kappa shape index (κ2) is 8.03. The van der Waals surface area contributed by atoms with Gasteiger partial charge >= 0.3 is 0 Å². The van der Waals surface area contributed by atoms with Gasteiger partial charge in [0.1, 0.15) is 6.04 Å². The molecule has 4 rings (SSSR count). The zero-order chi connectivity index (χ0) is 19.5. The summed E-state index contributed by atoms with van der Waals surface area (Å²) in [6.07, 6.45) is 4.33. The number of rotatable bonds is 5. The summed E-state index contributed by atoms with van der Waals surface area (Å²) in [7, 11) is 2.09. The predicted octanol–water partition coefficient (Wildman–Crippen LogP) is 3.43. The van der Waals surface area contributed by atoms with Gasteiger partial charge in [-0.25, -0.2) is 0 Å². The first kappa shape index (κ1) is 18.5. The third-order valence-electron chi connectivity index (χ3n) is 5.83. The summed E-state index contributed by atoms with van der Waals surface area (Å²) < 4.78 is 2.19. The zero-order valence-electron chi connectivity index (χ0n) is 16.6. The second-order valence-corrected chi connectivity index (χ2v) is 7.76. The van der Waals surface area contributed by atoms with E-state index in [1.54, 1.807) is 0 Å². The number of amides is 1. The molecule has 144 valence electrons. The Hall–Kier alpha value is -2.85. The fraction of sp³-hybridized carbons (Fsp3) is 0.292. The maximum Gasteiger partial charge on any atom is 0.287 e. The average molecular weight is 375 g/mol. The molecular weight excluding hydrogens is 346 g/mol. The van der Waals surface area contributed by atoms with Crippen molar-refractivity contribution < 1.29 is 9.69 Å². The van der Waals surface area contributed by atoms with Gasteiger partial charge in [0, 0.05) is 37.3 Å². The number of aryl methyl sites for hydroxylation is 2. The molecule has 2 aromatic carbocycles. The van der Waals surface area contributed by atoms with E-state index in [0.29, 0.717) is 6.04 Å². The average Bonchev–Trinajstić information content (AvgIpc) is 3.33. The number of aromatic nitrogens is 1. The Bertz CT molecular complexity index is 930. The van der Waals surface area contributed by atoms with Crippen LogP contribution in [0.4, 0.5) is 5.69 Å². The summed E-state index contributed by atoms with van der Waals surface area (Å²) >= 11 is 0. The van der Waals surface area contributed by atoms with E-state index in [9.17, 15) is 4.79 Å². The number of anilines is 1. The molecule has 2 heterocycles. The second-order valence-electron chi connectivity index (χ2n) is 7.76. The lowest BCUT2D eigenvalue weighted by molar-refractivity contribution is -0.940. The number of benzene rings is 2. The first-order valence-electron chi connectivity index (χ1n) is 10.0. The van der Waals surface area contributed by atoms with Crippen LogP contribution in [0.2, 0.25) is 0 Å². The molecule has 2 N–H and O–H groups in total. The van der Waals surface area contributed by atoms with Crippen molar-refractivity contribution in [3.63, 3.8) is 0 Å². The molecule has 3 aromatic rings. The molecule has 0 radical (unpaired) electrons. The molecule has 0 spiro atoms. The van der Waals surface area contributed by atoms with E-state index in [1.807, 2.05) is 42.5 Å². The monoisotopic (exact) mass is 374 g/mol. The van der Waals surface area contributed by atoms with Gasteiger partial charge in [-0.05, 0) is 31.2 Å². The lowest BCUT2D eigenvalue weighted by Crippen LogP contribution is -3.11. The van der Waals surface area contributed by atoms with E-state index in [2.05, 4.69) is 54.3 Å². The highest BCUT2D eigenvalue weighted by Crippen LogP contribution is 2.24. The minimum Gasteiger partial charge on any atom is -0.350 e. The lowest BCUT2D eigenvalue weighted by Gasteiger charge is -2.30. The van der Waals surface area contributed by atoms with Crippen molar-refractivity contribution >= 4 is 11.6 Å². The van der Waals surface area contributed by atoms with Crippen LogP contribution in [0.15, 0.2) is 72.9 Å². The third kappa shape index (κ3) is 3.73. The molecule has 1 aromatic heterocycles. The summed E-state index contributed by atoms with van der Waals surface area (Å²) in [6, 6.07) is 22.6. The van der Waals surface area contributed by atoms with Crippen molar-refractivity contribution in [3.8, 4) is 0 Å². The van der Waals surface area contributed by atoms with Crippen molar-refractivity contribution in [2.45, 2.75) is 31.8 Å². The summed E-state index contributed by atoms with van der Waals surface area (Å²) in [5, 5.41) is 3.16. The Morgan fingerprint density at radius 3 is 2.50 bits per heavy atom. The molecule has 1 fully saturated rings. The molecule has 28 heavy (non-hydrogen) atoms. The van der Waals surface area contributed by atoms with Crippen molar-refractivity contribution in [2.24, 2.45) is 7.05 Å². The molecule has 1 amide bonds. The molecule has 1 unspecified atom stereocenters. The van der Waals surface area contributed by atoms with Gasteiger partial charge in [0.05, 0.1) is 12.2 Å². The Morgan fingerprint density at radius 1 is 1.07 bits per heavy atom.